The molecule has 4 rings (SSSR count). The molecule has 1 N–H and O–H groups in total. The Balaban J connectivity index is 1.51. The van der Waals surface area contributed by atoms with E-state index in [-0.39, 0.29) is 29.0 Å². The quantitative estimate of drug-likeness (QED) is 0.230. The topological polar surface area (TPSA) is 81.1 Å². The minimum Gasteiger partial charge on any atom is -0.350 e. The second-order valence-electron chi connectivity index (χ2n) is 7.32. The van der Waals surface area contributed by atoms with E-state index in [9.17, 15) is 14.4 Å². The third-order valence-corrected chi connectivity index (χ3v) is 7.85. The van der Waals surface area contributed by atoms with Gasteiger partial charge < -0.3 is 5.32 Å². The number of nitrogens with zero attached hydrogens (tertiary/aromatic N) is 2. The predicted octanol–water partition coefficient (Wildman–Crippen LogP) is 4.90. The summed E-state index contributed by atoms with van der Waals surface area (Å²) >= 11 is 4.29. The van der Waals surface area contributed by atoms with Gasteiger partial charge in [-0.1, -0.05) is 42.1 Å². The van der Waals surface area contributed by atoms with E-state index >= 15 is 0 Å². The van der Waals surface area contributed by atoms with Gasteiger partial charge in [0.1, 0.15) is 4.83 Å². The summed E-state index contributed by atoms with van der Waals surface area (Å²) in [6, 6.07) is 11.0. The van der Waals surface area contributed by atoms with E-state index in [0.717, 1.165) is 16.0 Å². The summed E-state index contributed by atoms with van der Waals surface area (Å²) in [7, 11) is 1.69. The van der Waals surface area contributed by atoms with E-state index in [4.69, 9.17) is 0 Å². The number of hydrogen-bond acceptors (Lipinski definition) is 7. The molecule has 1 unspecified atom stereocenters. The van der Waals surface area contributed by atoms with Gasteiger partial charge in [-0.2, -0.15) is 0 Å². The first-order valence-electron chi connectivity index (χ1n) is 9.90. The largest absolute Gasteiger partial charge is 0.350 e. The van der Waals surface area contributed by atoms with Crippen LogP contribution in [0, 0.1) is 0 Å². The number of rotatable bonds is 7. The zero-order chi connectivity index (χ0) is 22.8. The van der Waals surface area contributed by atoms with Crippen molar-refractivity contribution in [3.8, 4) is 10.4 Å². The minimum absolute atomic E-state index is 0.0477. The van der Waals surface area contributed by atoms with Crippen LogP contribution in [0.3, 0.4) is 0 Å². The Bertz CT molecular complexity index is 1340. The van der Waals surface area contributed by atoms with E-state index < -0.39 is 0 Å². The van der Waals surface area contributed by atoms with Gasteiger partial charge in [0.05, 0.1) is 17.2 Å². The number of carbonyl (C=O) groups excluding carboxylic acids is 2. The number of Topliss-reactive ketones (excluding diaryl/α,β-unsaturated/α-hetero) is 1. The molecule has 1 atom stereocenters. The van der Waals surface area contributed by atoms with Crippen molar-refractivity contribution >= 4 is 56.3 Å². The molecule has 1 aromatic carbocycles. The van der Waals surface area contributed by atoms with Crippen molar-refractivity contribution in [2.45, 2.75) is 25.0 Å². The van der Waals surface area contributed by atoms with Gasteiger partial charge in [0, 0.05) is 35.4 Å². The molecular formula is C23H21N3O3S3. The molecule has 0 bridgehead atoms. The Morgan fingerprint density at radius 1 is 1.19 bits per heavy atom. The normalized spacial score (nSPS) is 12.1. The summed E-state index contributed by atoms with van der Waals surface area (Å²) in [5, 5.41) is 7.92. The Labute approximate surface area is 197 Å². The zero-order valence-electron chi connectivity index (χ0n) is 17.7. The smallest absolute Gasteiger partial charge is 0.263 e. The fourth-order valence-electron chi connectivity index (χ4n) is 3.35. The fraction of sp³-hybridized carbons (Fsp3) is 0.217. The van der Waals surface area contributed by atoms with Crippen LogP contribution in [0.15, 0.2) is 57.1 Å². The molecule has 4 aromatic rings. The molecule has 6 nitrogen and oxygen atoms in total. The van der Waals surface area contributed by atoms with Gasteiger partial charge in [-0.05, 0) is 23.9 Å². The van der Waals surface area contributed by atoms with Gasteiger partial charge >= 0.3 is 0 Å². The Morgan fingerprint density at radius 3 is 2.59 bits per heavy atom. The molecule has 0 aliphatic heterocycles. The molecule has 0 saturated carbocycles. The summed E-state index contributed by atoms with van der Waals surface area (Å²) in [4.78, 5) is 43.3. The lowest BCUT2D eigenvalue weighted by molar-refractivity contribution is -0.119. The van der Waals surface area contributed by atoms with Crippen molar-refractivity contribution in [1.82, 2.24) is 14.9 Å². The summed E-state index contributed by atoms with van der Waals surface area (Å²) < 4.78 is 1.52. The van der Waals surface area contributed by atoms with Gasteiger partial charge in [-0.25, -0.2) is 4.98 Å². The maximum atomic E-state index is 13.0. The molecule has 0 fully saturated rings. The molecule has 9 heteroatoms. The van der Waals surface area contributed by atoms with E-state index in [1.807, 2.05) is 41.9 Å². The van der Waals surface area contributed by atoms with Crippen LogP contribution in [0.5, 0.6) is 0 Å². The van der Waals surface area contributed by atoms with Crippen molar-refractivity contribution in [3.05, 3.63) is 68.6 Å². The van der Waals surface area contributed by atoms with E-state index in [0.29, 0.717) is 20.9 Å². The van der Waals surface area contributed by atoms with E-state index in [1.54, 1.807) is 30.5 Å². The lowest BCUT2D eigenvalue weighted by atomic mass is 10.0. The second-order valence-corrected chi connectivity index (χ2v) is 10.1. The van der Waals surface area contributed by atoms with Crippen molar-refractivity contribution < 1.29 is 9.59 Å². The Hall–Kier alpha value is -2.75. The second kappa shape index (κ2) is 9.40. The summed E-state index contributed by atoms with van der Waals surface area (Å²) in [6.07, 6.45) is 0. The molecule has 0 saturated heterocycles. The highest BCUT2D eigenvalue weighted by molar-refractivity contribution is 7.99. The fourth-order valence-corrected chi connectivity index (χ4v) is 6.02. The highest BCUT2D eigenvalue weighted by Gasteiger charge is 2.17. The third kappa shape index (κ3) is 4.55. The van der Waals surface area contributed by atoms with E-state index in [1.165, 1.54) is 34.6 Å². The van der Waals surface area contributed by atoms with Crippen LogP contribution in [0.1, 0.15) is 35.8 Å². The molecule has 0 spiro atoms. The standard InChI is InChI=1S/C23H21N3O3S3/c1-13(24-14(2)27)15-6-8-16(9-7-15)18(28)12-32-23-25-21-20(22(29)26(23)3)17(11-31-21)19-5-4-10-30-19/h4-11,13H,12H2,1-3H3,(H,24,27). The average molecular weight is 484 g/mol. The molecule has 0 aliphatic carbocycles. The highest BCUT2D eigenvalue weighted by Crippen LogP contribution is 2.34. The minimum atomic E-state index is -0.124. The monoisotopic (exact) mass is 483 g/mol. The number of nitrogens with one attached hydrogen (secondary N) is 1. The number of hydrogen-bond donors (Lipinski definition) is 1. The van der Waals surface area contributed by atoms with Crippen LogP contribution in [-0.2, 0) is 11.8 Å². The van der Waals surface area contributed by atoms with Crippen molar-refractivity contribution in [1.29, 1.82) is 0 Å². The SMILES string of the molecule is CC(=O)NC(C)c1ccc(C(=O)CSc2nc3scc(-c4cccs4)c3c(=O)n2C)cc1. The van der Waals surface area contributed by atoms with Crippen LogP contribution in [-0.4, -0.2) is 27.0 Å². The number of thioether (sulfide) groups is 1. The number of carbonyl (C=O) groups is 2. The van der Waals surface area contributed by atoms with Crippen LogP contribution >= 0.6 is 34.4 Å². The number of benzene rings is 1. The van der Waals surface area contributed by atoms with Crippen molar-refractivity contribution in [2.75, 3.05) is 5.75 Å². The molecule has 3 heterocycles. The molecule has 1 amide bonds. The Morgan fingerprint density at radius 2 is 1.94 bits per heavy atom. The molecule has 0 aliphatic rings. The molecular weight excluding hydrogens is 462 g/mol. The summed E-state index contributed by atoms with van der Waals surface area (Å²) in [6.45, 7) is 3.37. The maximum absolute atomic E-state index is 13.0. The molecule has 0 radical (unpaired) electrons. The number of ketones is 1. The van der Waals surface area contributed by atoms with Gasteiger partial charge in [-0.15, -0.1) is 22.7 Å². The van der Waals surface area contributed by atoms with Gasteiger partial charge in [0.25, 0.3) is 5.56 Å². The first-order chi connectivity index (χ1) is 15.3. The third-order valence-electron chi connectivity index (χ3n) is 5.05. The number of aromatic nitrogens is 2. The number of amides is 1. The summed E-state index contributed by atoms with van der Waals surface area (Å²) in [5.74, 6) is 0.0288. The van der Waals surface area contributed by atoms with Crippen LogP contribution < -0.4 is 10.9 Å². The van der Waals surface area contributed by atoms with Crippen molar-refractivity contribution in [3.63, 3.8) is 0 Å². The van der Waals surface area contributed by atoms with Gasteiger partial charge in [0.15, 0.2) is 10.9 Å². The lowest BCUT2D eigenvalue weighted by Gasteiger charge is -2.13. The van der Waals surface area contributed by atoms with E-state index in [2.05, 4.69) is 10.3 Å². The first-order valence-corrected chi connectivity index (χ1v) is 12.6. The van der Waals surface area contributed by atoms with Crippen LogP contribution in [0.4, 0.5) is 0 Å². The maximum Gasteiger partial charge on any atom is 0.263 e. The Kier molecular flexibility index (Phi) is 6.59. The van der Waals surface area contributed by atoms with Crippen LogP contribution in [0.2, 0.25) is 0 Å². The molecule has 164 valence electrons. The average Bonchev–Trinajstić information content (AvgIpc) is 3.44. The predicted molar refractivity (Wildman–Crippen MR) is 132 cm³/mol. The van der Waals surface area contributed by atoms with Crippen LogP contribution in [0.25, 0.3) is 20.7 Å². The van der Waals surface area contributed by atoms with Gasteiger partial charge in [-0.3, -0.25) is 19.0 Å². The van der Waals surface area contributed by atoms with Gasteiger partial charge in [0.2, 0.25) is 5.91 Å². The number of fused-ring (bicyclic) bond motifs is 1. The molecule has 3 aromatic heterocycles. The lowest BCUT2D eigenvalue weighted by Crippen LogP contribution is -2.23. The number of thiophene rings is 2. The molecule has 32 heavy (non-hydrogen) atoms. The highest BCUT2D eigenvalue weighted by atomic mass is 32.2. The van der Waals surface area contributed by atoms with Crippen molar-refractivity contribution in [2.24, 2.45) is 7.05 Å². The zero-order valence-corrected chi connectivity index (χ0v) is 20.2. The summed E-state index contributed by atoms with van der Waals surface area (Å²) in [5.41, 5.74) is 2.32. The first kappa shape index (κ1) is 22.4.